The first-order chi connectivity index (χ1) is 11.1. The monoisotopic (exact) mass is 313 g/mol. The third-order valence-corrected chi connectivity index (χ3v) is 3.46. The molecule has 0 spiro atoms. The van der Waals surface area contributed by atoms with Gasteiger partial charge in [-0.2, -0.15) is 0 Å². The maximum absolute atomic E-state index is 12.4. The second-order valence-corrected chi connectivity index (χ2v) is 5.30. The molecule has 1 amide bonds. The van der Waals surface area contributed by atoms with E-state index in [0.717, 1.165) is 12.1 Å². The Morgan fingerprint density at radius 2 is 2.04 bits per heavy atom. The molecule has 0 bridgehead atoms. The van der Waals surface area contributed by atoms with Crippen LogP contribution >= 0.6 is 0 Å². The standard InChI is InChI=1S/C18H23N3O2/c1-4-13(3)20-15-10-14(11-19-12-15)18(22)21-16-8-6-7-9-17(16)23-5-2/h6-13,20H,4-5H2,1-3H3,(H,21,22). The summed E-state index contributed by atoms with van der Waals surface area (Å²) in [5, 5.41) is 6.19. The van der Waals surface area contributed by atoms with E-state index in [-0.39, 0.29) is 5.91 Å². The van der Waals surface area contributed by atoms with Crippen molar-refractivity contribution in [2.24, 2.45) is 0 Å². The van der Waals surface area contributed by atoms with E-state index in [4.69, 9.17) is 4.74 Å². The zero-order valence-electron chi connectivity index (χ0n) is 13.8. The van der Waals surface area contributed by atoms with Crippen LogP contribution in [-0.2, 0) is 0 Å². The van der Waals surface area contributed by atoms with Gasteiger partial charge < -0.3 is 15.4 Å². The van der Waals surface area contributed by atoms with Gasteiger partial charge in [0.1, 0.15) is 5.75 Å². The third-order valence-electron chi connectivity index (χ3n) is 3.46. The van der Waals surface area contributed by atoms with Crippen LogP contribution in [-0.4, -0.2) is 23.5 Å². The van der Waals surface area contributed by atoms with Crippen LogP contribution in [0.5, 0.6) is 5.75 Å². The molecule has 5 heteroatoms. The zero-order chi connectivity index (χ0) is 16.7. The Morgan fingerprint density at radius 3 is 2.78 bits per heavy atom. The molecule has 122 valence electrons. The molecule has 2 rings (SSSR count). The molecular formula is C18H23N3O2. The number of amides is 1. The predicted molar refractivity (Wildman–Crippen MR) is 93.2 cm³/mol. The van der Waals surface area contributed by atoms with Crippen molar-refractivity contribution in [2.45, 2.75) is 33.2 Å². The van der Waals surface area contributed by atoms with Gasteiger partial charge in [-0.25, -0.2) is 0 Å². The average molecular weight is 313 g/mol. The molecule has 1 unspecified atom stereocenters. The van der Waals surface area contributed by atoms with Gasteiger partial charge in [0.15, 0.2) is 0 Å². The molecule has 0 saturated heterocycles. The average Bonchev–Trinajstić information content (AvgIpc) is 2.57. The molecule has 1 aromatic heterocycles. The van der Waals surface area contributed by atoms with Crippen LogP contribution in [0, 0.1) is 0 Å². The molecule has 5 nitrogen and oxygen atoms in total. The number of pyridine rings is 1. The van der Waals surface area contributed by atoms with E-state index in [1.165, 1.54) is 0 Å². The Hall–Kier alpha value is -2.56. The summed E-state index contributed by atoms with van der Waals surface area (Å²) in [5.41, 5.74) is 1.99. The molecule has 0 aliphatic carbocycles. The van der Waals surface area contributed by atoms with Crippen molar-refractivity contribution < 1.29 is 9.53 Å². The van der Waals surface area contributed by atoms with Crippen LogP contribution in [0.3, 0.4) is 0 Å². The molecule has 2 N–H and O–H groups in total. The summed E-state index contributed by atoms with van der Waals surface area (Å²) in [5.74, 6) is 0.447. The summed E-state index contributed by atoms with van der Waals surface area (Å²) in [6, 6.07) is 9.51. The number of nitrogens with one attached hydrogen (secondary N) is 2. The number of ether oxygens (including phenoxy) is 1. The van der Waals surface area contributed by atoms with E-state index in [1.54, 1.807) is 18.5 Å². The molecule has 0 aliphatic heterocycles. The van der Waals surface area contributed by atoms with E-state index >= 15 is 0 Å². The fourth-order valence-electron chi connectivity index (χ4n) is 2.08. The summed E-state index contributed by atoms with van der Waals surface area (Å²) in [6.45, 7) is 6.65. The second-order valence-electron chi connectivity index (χ2n) is 5.30. The fraction of sp³-hybridized carbons (Fsp3) is 0.333. The van der Waals surface area contributed by atoms with Gasteiger partial charge in [-0.15, -0.1) is 0 Å². The first-order valence-electron chi connectivity index (χ1n) is 7.88. The van der Waals surface area contributed by atoms with Gasteiger partial charge in [0.25, 0.3) is 5.91 Å². The van der Waals surface area contributed by atoms with E-state index in [2.05, 4.69) is 29.5 Å². The van der Waals surface area contributed by atoms with Gasteiger partial charge in [-0.1, -0.05) is 19.1 Å². The lowest BCUT2D eigenvalue weighted by Gasteiger charge is -2.14. The van der Waals surface area contributed by atoms with E-state index in [0.29, 0.717) is 29.6 Å². The summed E-state index contributed by atoms with van der Waals surface area (Å²) in [6.07, 6.45) is 4.27. The van der Waals surface area contributed by atoms with Crippen molar-refractivity contribution >= 4 is 17.3 Å². The summed E-state index contributed by atoms with van der Waals surface area (Å²) in [7, 11) is 0. The topological polar surface area (TPSA) is 63.2 Å². The van der Waals surface area contributed by atoms with Crippen LogP contribution in [0.1, 0.15) is 37.6 Å². The number of carbonyl (C=O) groups excluding carboxylic acids is 1. The van der Waals surface area contributed by atoms with Crippen molar-refractivity contribution in [2.75, 3.05) is 17.2 Å². The van der Waals surface area contributed by atoms with E-state index < -0.39 is 0 Å². The number of anilines is 2. The van der Waals surface area contributed by atoms with Crippen molar-refractivity contribution in [3.05, 3.63) is 48.3 Å². The number of benzene rings is 1. The smallest absolute Gasteiger partial charge is 0.257 e. The lowest BCUT2D eigenvalue weighted by molar-refractivity contribution is 0.102. The van der Waals surface area contributed by atoms with Crippen LogP contribution in [0.15, 0.2) is 42.7 Å². The third kappa shape index (κ3) is 4.71. The molecular weight excluding hydrogens is 290 g/mol. The lowest BCUT2D eigenvalue weighted by atomic mass is 10.2. The molecule has 1 heterocycles. The van der Waals surface area contributed by atoms with Crippen LogP contribution in [0.4, 0.5) is 11.4 Å². The zero-order valence-corrected chi connectivity index (χ0v) is 13.8. The first kappa shape index (κ1) is 16.8. The number of rotatable bonds is 7. The SMILES string of the molecule is CCOc1ccccc1NC(=O)c1cncc(NC(C)CC)c1. The van der Waals surface area contributed by atoms with Crippen molar-refractivity contribution in [1.82, 2.24) is 4.98 Å². The maximum atomic E-state index is 12.4. The van der Waals surface area contributed by atoms with E-state index in [9.17, 15) is 4.79 Å². The Balaban J connectivity index is 2.13. The minimum absolute atomic E-state index is 0.211. The van der Waals surface area contributed by atoms with Crippen LogP contribution in [0.25, 0.3) is 0 Å². The highest BCUT2D eigenvalue weighted by Gasteiger charge is 2.11. The maximum Gasteiger partial charge on any atom is 0.257 e. The molecule has 0 saturated carbocycles. The highest BCUT2D eigenvalue weighted by molar-refractivity contribution is 6.05. The van der Waals surface area contributed by atoms with Crippen LogP contribution < -0.4 is 15.4 Å². The number of nitrogens with zero attached hydrogens (tertiary/aromatic N) is 1. The van der Waals surface area contributed by atoms with Gasteiger partial charge in [0.05, 0.1) is 23.5 Å². The molecule has 0 radical (unpaired) electrons. The number of hydrogen-bond acceptors (Lipinski definition) is 4. The molecule has 0 fully saturated rings. The largest absolute Gasteiger partial charge is 0.492 e. The second kappa shape index (κ2) is 8.17. The molecule has 2 aromatic rings. The number of aromatic nitrogens is 1. The number of carbonyl (C=O) groups is 1. The molecule has 1 atom stereocenters. The Bertz CT molecular complexity index is 658. The van der Waals surface area contributed by atoms with E-state index in [1.807, 2.05) is 31.2 Å². The van der Waals surface area contributed by atoms with Gasteiger partial charge in [-0.05, 0) is 38.5 Å². The van der Waals surface area contributed by atoms with Gasteiger partial charge >= 0.3 is 0 Å². The highest BCUT2D eigenvalue weighted by Crippen LogP contribution is 2.24. The summed E-state index contributed by atoms with van der Waals surface area (Å²) < 4.78 is 5.52. The summed E-state index contributed by atoms with van der Waals surface area (Å²) in [4.78, 5) is 16.6. The molecule has 0 aliphatic rings. The minimum Gasteiger partial charge on any atom is -0.492 e. The quantitative estimate of drug-likeness (QED) is 0.812. The van der Waals surface area contributed by atoms with Gasteiger partial charge in [0, 0.05) is 18.4 Å². The van der Waals surface area contributed by atoms with Gasteiger partial charge in [-0.3, -0.25) is 9.78 Å². The van der Waals surface area contributed by atoms with Crippen molar-refractivity contribution in [3.63, 3.8) is 0 Å². The Labute approximate surface area is 137 Å². The predicted octanol–water partition coefficient (Wildman–Crippen LogP) is 3.94. The first-order valence-corrected chi connectivity index (χ1v) is 7.88. The molecule has 23 heavy (non-hydrogen) atoms. The molecule has 1 aromatic carbocycles. The van der Waals surface area contributed by atoms with Crippen molar-refractivity contribution in [1.29, 1.82) is 0 Å². The normalized spacial score (nSPS) is 11.6. The summed E-state index contributed by atoms with van der Waals surface area (Å²) >= 11 is 0. The van der Waals surface area contributed by atoms with Crippen LogP contribution in [0.2, 0.25) is 0 Å². The lowest BCUT2D eigenvalue weighted by Crippen LogP contribution is -2.16. The Kier molecular flexibility index (Phi) is 5.97. The number of para-hydroxylation sites is 2. The highest BCUT2D eigenvalue weighted by atomic mass is 16.5. The minimum atomic E-state index is -0.211. The van der Waals surface area contributed by atoms with Crippen molar-refractivity contribution in [3.8, 4) is 5.75 Å². The van der Waals surface area contributed by atoms with Gasteiger partial charge in [0.2, 0.25) is 0 Å². The number of hydrogen-bond donors (Lipinski definition) is 2. The fourth-order valence-corrected chi connectivity index (χ4v) is 2.08. The Morgan fingerprint density at radius 1 is 1.26 bits per heavy atom.